The lowest BCUT2D eigenvalue weighted by atomic mass is 9.85. The zero-order valence-electron chi connectivity index (χ0n) is 14.2. The number of benzene rings is 1. The van der Waals surface area contributed by atoms with Gasteiger partial charge in [-0.05, 0) is 60.6 Å². The van der Waals surface area contributed by atoms with Crippen LogP contribution in [0.5, 0.6) is 5.75 Å². The van der Waals surface area contributed by atoms with E-state index in [1.54, 1.807) is 6.07 Å². The number of fused-ring (bicyclic) bond motifs is 1. The number of aryl methyl sites for hydroxylation is 1. The van der Waals surface area contributed by atoms with Gasteiger partial charge < -0.3 is 9.84 Å². The molecular formula is C20H22ClNO3. The fraction of sp³-hybridized carbons (Fsp3) is 0.400. The average Bonchev–Trinajstić information content (AvgIpc) is 2.98. The van der Waals surface area contributed by atoms with E-state index in [1.807, 2.05) is 31.2 Å². The Morgan fingerprint density at radius 1 is 1.40 bits per heavy atom. The summed E-state index contributed by atoms with van der Waals surface area (Å²) < 4.78 is 5.85. The molecule has 0 amide bonds. The lowest BCUT2D eigenvalue weighted by molar-refractivity contribution is -0.142. The van der Waals surface area contributed by atoms with Gasteiger partial charge in [-0.1, -0.05) is 30.7 Å². The predicted octanol–water partition coefficient (Wildman–Crippen LogP) is 4.50. The van der Waals surface area contributed by atoms with Crippen LogP contribution in [0.2, 0.25) is 5.15 Å². The summed E-state index contributed by atoms with van der Waals surface area (Å²) >= 11 is 5.88. The van der Waals surface area contributed by atoms with Crippen molar-refractivity contribution in [3.05, 3.63) is 58.4 Å². The largest absolute Gasteiger partial charge is 0.493 e. The van der Waals surface area contributed by atoms with E-state index in [0.717, 1.165) is 29.8 Å². The van der Waals surface area contributed by atoms with Gasteiger partial charge in [-0.2, -0.15) is 0 Å². The van der Waals surface area contributed by atoms with Crippen molar-refractivity contribution in [1.29, 1.82) is 0 Å². The number of rotatable bonds is 7. The van der Waals surface area contributed by atoms with Crippen LogP contribution in [-0.4, -0.2) is 22.7 Å². The molecule has 3 rings (SSSR count). The molecule has 0 bridgehead atoms. The summed E-state index contributed by atoms with van der Waals surface area (Å²) in [5, 5.41) is 9.91. The van der Waals surface area contributed by atoms with Crippen molar-refractivity contribution >= 4 is 17.6 Å². The highest BCUT2D eigenvalue weighted by Gasteiger charge is 2.33. The number of aliphatic carboxylic acids is 1. The molecule has 0 spiro atoms. The van der Waals surface area contributed by atoms with Crippen LogP contribution in [0.3, 0.4) is 0 Å². The monoisotopic (exact) mass is 359 g/mol. The summed E-state index contributed by atoms with van der Waals surface area (Å²) in [6, 6.07) is 11.6. The number of ether oxygens (including phenoxy) is 1. The van der Waals surface area contributed by atoms with Crippen LogP contribution in [0.15, 0.2) is 36.4 Å². The van der Waals surface area contributed by atoms with E-state index in [2.05, 4.69) is 11.1 Å². The summed E-state index contributed by atoms with van der Waals surface area (Å²) in [5.74, 6) is -0.0661. The molecule has 0 fully saturated rings. The third kappa shape index (κ3) is 4.13. The van der Waals surface area contributed by atoms with E-state index in [0.29, 0.717) is 24.6 Å². The average molecular weight is 360 g/mol. The summed E-state index contributed by atoms with van der Waals surface area (Å²) in [4.78, 5) is 15.7. The quantitative estimate of drug-likeness (QED) is 0.739. The molecule has 0 radical (unpaired) electrons. The normalized spacial score (nSPS) is 17.1. The Morgan fingerprint density at radius 3 is 2.96 bits per heavy atom. The first kappa shape index (κ1) is 17.7. The van der Waals surface area contributed by atoms with E-state index in [-0.39, 0.29) is 11.8 Å². The molecule has 1 aromatic heterocycles. The number of carboxylic acid groups (broad SMARTS) is 1. The maximum atomic E-state index is 11.5. The number of hydrogen-bond acceptors (Lipinski definition) is 3. The second-order valence-electron chi connectivity index (χ2n) is 6.41. The van der Waals surface area contributed by atoms with Gasteiger partial charge in [0.1, 0.15) is 10.9 Å². The number of nitrogens with zero attached hydrogens (tertiary/aromatic N) is 1. The van der Waals surface area contributed by atoms with Gasteiger partial charge in [-0.3, -0.25) is 4.79 Å². The van der Waals surface area contributed by atoms with Gasteiger partial charge in [-0.25, -0.2) is 4.98 Å². The Kier molecular flexibility index (Phi) is 5.59. The number of pyridine rings is 1. The molecular weight excluding hydrogens is 338 g/mol. The van der Waals surface area contributed by atoms with Crippen molar-refractivity contribution in [3.63, 3.8) is 0 Å². The highest BCUT2D eigenvalue weighted by molar-refractivity contribution is 6.29. The third-order valence-corrected chi connectivity index (χ3v) is 5.09. The molecule has 0 saturated heterocycles. The first-order valence-corrected chi connectivity index (χ1v) is 9.06. The Hall–Kier alpha value is -2.07. The van der Waals surface area contributed by atoms with Crippen LogP contribution < -0.4 is 4.74 Å². The van der Waals surface area contributed by atoms with Gasteiger partial charge in [0.05, 0.1) is 12.5 Å². The second kappa shape index (κ2) is 7.87. The molecule has 25 heavy (non-hydrogen) atoms. The topological polar surface area (TPSA) is 59.4 Å². The molecule has 4 nitrogen and oxygen atoms in total. The maximum absolute atomic E-state index is 11.5. The first-order chi connectivity index (χ1) is 12.1. The van der Waals surface area contributed by atoms with E-state index >= 15 is 0 Å². The molecule has 2 atom stereocenters. The van der Waals surface area contributed by atoms with Crippen molar-refractivity contribution in [2.45, 2.75) is 38.5 Å². The van der Waals surface area contributed by atoms with Crippen LogP contribution in [-0.2, 0) is 17.6 Å². The Morgan fingerprint density at radius 2 is 2.24 bits per heavy atom. The lowest BCUT2D eigenvalue weighted by Crippen LogP contribution is -2.19. The molecule has 1 heterocycles. The fourth-order valence-corrected chi connectivity index (χ4v) is 3.81. The molecule has 2 aromatic rings. The molecule has 132 valence electrons. The molecule has 0 saturated carbocycles. The van der Waals surface area contributed by atoms with Crippen molar-refractivity contribution < 1.29 is 14.6 Å². The number of aromatic nitrogens is 1. The summed E-state index contributed by atoms with van der Waals surface area (Å²) in [6.45, 7) is 2.47. The minimum atomic E-state index is -0.699. The number of hydrogen-bond donors (Lipinski definition) is 1. The van der Waals surface area contributed by atoms with E-state index in [4.69, 9.17) is 16.3 Å². The minimum Gasteiger partial charge on any atom is -0.493 e. The third-order valence-electron chi connectivity index (χ3n) is 4.88. The summed E-state index contributed by atoms with van der Waals surface area (Å²) in [5.41, 5.74) is 3.28. The molecule has 1 aliphatic rings. The number of carboxylic acids is 1. The summed E-state index contributed by atoms with van der Waals surface area (Å²) in [6.07, 6.45) is 3.16. The highest BCUT2D eigenvalue weighted by atomic mass is 35.5. The fourth-order valence-electron chi connectivity index (χ4n) is 3.63. The standard InChI is InChI=1S/C20H22ClNO3/c1-2-16(20(23)24)18-8-6-13-12-15(7-9-17(13)18)25-11-10-14-4-3-5-19(21)22-14/h3-5,7,9,12,16,18H,2,6,8,10-11H2,1H3,(H,23,24)/t16?,18-/m0/s1. The van der Waals surface area contributed by atoms with Crippen molar-refractivity contribution in [2.75, 3.05) is 6.61 Å². The first-order valence-electron chi connectivity index (χ1n) is 8.68. The zero-order chi connectivity index (χ0) is 17.8. The summed E-state index contributed by atoms with van der Waals surface area (Å²) in [7, 11) is 0. The minimum absolute atomic E-state index is 0.113. The van der Waals surface area contributed by atoms with Crippen LogP contribution in [0.1, 0.15) is 42.5 Å². The van der Waals surface area contributed by atoms with Gasteiger partial charge >= 0.3 is 5.97 Å². The second-order valence-corrected chi connectivity index (χ2v) is 6.80. The Labute approximate surface area is 152 Å². The van der Waals surface area contributed by atoms with E-state index < -0.39 is 5.97 Å². The van der Waals surface area contributed by atoms with Crippen LogP contribution >= 0.6 is 11.6 Å². The van der Waals surface area contributed by atoms with Crippen LogP contribution in [0.4, 0.5) is 0 Å². The van der Waals surface area contributed by atoms with Crippen molar-refractivity contribution in [1.82, 2.24) is 4.98 Å². The van der Waals surface area contributed by atoms with Gasteiger partial charge in [0.15, 0.2) is 0 Å². The van der Waals surface area contributed by atoms with Crippen LogP contribution in [0.25, 0.3) is 0 Å². The predicted molar refractivity (Wildman–Crippen MR) is 97.4 cm³/mol. The molecule has 1 aromatic carbocycles. The van der Waals surface area contributed by atoms with E-state index in [1.165, 1.54) is 5.56 Å². The molecule has 1 N–H and O–H groups in total. The van der Waals surface area contributed by atoms with Crippen LogP contribution in [0, 0.1) is 5.92 Å². The van der Waals surface area contributed by atoms with Gasteiger partial charge in [0.25, 0.3) is 0 Å². The SMILES string of the molecule is CCC(C(=O)O)[C@@H]1CCc2cc(OCCc3cccc(Cl)n3)ccc21. The smallest absolute Gasteiger partial charge is 0.307 e. The molecule has 1 aliphatic carbocycles. The Balaban J connectivity index is 1.63. The molecule has 5 heteroatoms. The number of carbonyl (C=O) groups is 1. The zero-order valence-corrected chi connectivity index (χ0v) is 15.0. The number of halogens is 1. The highest BCUT2D eigenvalue weighted by Crippen LogP contribution is 2.41. The van der Waals surface area contributed by atoms with Gasteiger partial charge in [-0.15, -0.1) is 0 Å². The Bertz CT molecular complexity index is 762. The van der Waals surface area contributed by atoms with E-state index in [9.17, 15) is 9.90 Å². The molecule has 0 aliphatic heterocycles. The van der Waals surface area contributed by atoms with Gasteiger partial charge in [0, 0.05) is 12.1 Å². The molecule has 1 unspecified atom stereocenters. The van der Waals surface area contributed by atoms with Gasteiger partial charge in [0.2, 0.25) is 0 Å². The van der Waals surface area contributed by atoms with Crippen molar-refractivity contribution in [2.24, 2.45) is 5.92 Å². The maximum Gasteiger partial charge on any atom is 0.307 e. The lowest BCUT2D eigenvalue weighted by Gasteiger charge is -2.19. The van der Waals surface area contributed by atoms with Crippen molar-refractivity contribution in [3.8, 4) is 5.75 Å².